The van der Waals surface area contributed by atoms with E-state index in [1.165, 1.54) is 25.7 Å². The Labute approximate surface area is 97.8 Å². The molecule has 0 saturated carbocycles. The SMILES string of the molecule is CCCC(CC)CC(C)C(C)(C)C(C)C. The van der Waals surface area contributed by atoms with Crippen LogP contribution in [0.5, 0.6) is 0 Å². The molecule has 0 aliphatic rings. The van der Waals surface area contributed by atoms with E-state index >= 15 is 0 Å². The lowest BCUT2D eigenvalue weighted by Gasteiger charge is -2.37. The molecule has 0 heterocycles. The Bertz CT molecular complexity index is 155. The molecule has 0 aliphatic carbocycles. The van der Waals surface area contributed by atoms with Crippen molar-refractivity contribution < 1.29 is 0 Å². The zero-order chi connectivity index (χ0) is 12.1. The molecule has 0 spiro atoms. The van der Waals surface area contributed by atoms with Crippen molar-refractivity contribution in [3.63, 3.8) is 0 Å². The third kappa shape index (κ3) is 4.57. The zero-order valence-electron chi connectivity index (χ0n) is 12.1. The Hall–Kier alpha value is 0. The topological polar surface area (TPSA) is 0 Å². The van der Waals surface area contributed by atoms with Crippen molar-refractivity contribution in [1.82, 2.24) is 0 Å². The van der Waals surface area contributed by atoms with Crippen LogP contribution in [0, 0.1) is 23.2 Å². The molecule has 0 nitrogen and oxygen atoms in total. The Kier molecular flexibility index (Phi) is 6.55. The molecule has 92 valence electrons. The lowest BCUT2D eigenvalue weighted by molar-refractivity contribution is 0.123. The van der Waals surface area contributed by atoms with Gasteiger partial charge in [0.1, 0.15) is 0 Å². The predicted octanol–water partition coefficient (Wildman–Crippen LogP) is 5.52. The predicted molar refractivity (Wildman–Crippen MR) is 71.1 cm³/mol. The highest BCUT2D eigenvalue weighted by Gasteiger charge is 2.30. The molecular formula is C15H32. The molecule has 2 atom stereocenters. The van der Waals surface area contributed by atoms with E-state index in [0.717, 1.165) is 17.8 Å². The van der Waals surface area contributed by atoms with E-state index in [2.05, 4.69) is 48.5 Å². The first-order valence-electron chi connectivity index (χ1n) is 6.86. The minimum absolute atomic E-state index is 0.487. The van der Waals surface area contributed by atoms with Gasteiger partial charge in [-0.3, -0.25) is 0 Å². The molecule has 0 bridgehead atoms. The number of hydrogen-bond acceptors (Lipinski definition) is 0. The molecule has 0 amide bonds. The highest BCUT2D eigenvalue weighted by Crippen LogP contribution is 2.39. The van der Waals surface area contributed by atoms with Gasteiger partial charge in [0, 0.05) is 0 Å². The Morgan fingerprint density at radius 1 is 1.00 bits per heavy atom. The fourth-order valence-electron chi connectivity index (χ4n) is 2.27. The lowest BCUT2D eigenvalue weighted by Crippen LogP contribution is -2.29. The maximum Gasteiger partial charge on any atom is -0.0305 e. The van der Waals surface area contributed by atoms with Crippen LogP contribution in [-0.2, 0) is 0 Å². The van der Waals surface area contributed by atoms with Crippen LogP contribution in [0.2, 0.25) is 0 Å². The van der Waals surface area contributed by atoms with Gasteiger partial charge in [0.2, 0.25) is 0 Å². The molecule has 0 radical (unpaired) electrons. The fraction of sp³-hybridized carbons (Fsp3) is 1.00. The van der Waals surface area contributed by atoms with Crippen molar-refractivity contribution in [3.8, 4) is 0 Å². The second-order valence-electron chi connectivity index (χ2n) is 6.18. The van der Waals surface area contributed by atoms with Crippen LogP contribution in [0.15, 0.2) is 0 Å². The van der Waals surface area contributed by atoms with Gasteiger partial charge >= 0.3 is 0 Å². The fourth-order valence-corrected chi connectivity index (χ4v) is 2.27. The van der Waals surface area contributed by atoms with Gasteiger partial charge in [0.15, 0.2) is 0 Å². The summed E-state index contributed by atoms with van der Waals surface area (Å²) in [6.45, 7) is 16.7. The summed E-state index contributed by atoms with van der Waals surface area (Å²) in [7, 11) is 0. The lowest BCUT2D eigenvalue weighted by atomic mass is 9.68. The molecule has 0 fully saturated rings. The van der Waals surface area contributed by atoms with Gasteiger partial charge in [0.05, 0.1) is 0 Å². The molecule has 0 rings (SSSR count). The van der Waals surface area contributed by atoms with Gasteiger partial charge in [-0.1, -0.05) is 67.7 Å². The average molecular weight is 212 g/mol. The van der Waals surface area contributed by atoms with Gasteiger partial charge in [0.25, 0.3) is 0 Å². The van der Waals surface area contributed by atoms with Crippen LogP contribution >= 0.6 is 0 Å². The summed E-state index contributed by atoms with van der Waals surface area (Å²) in [5.74, 6) is 2.57. The highest BCUT2D eigenvalue weighted by molar-refractivity contribution is 4.80. The van der Waals surface area contributed by atoms with E-state index < -0.39 is 0 Å². The minimum Gasteiger partial charge on any atom is -0.0654 e. The van der Waals surface area contributed by atoms with Gasteiger partial charge in [-0.25, -0.2) is 0 Å². The summed E-state index contributed by atoms with van der Waals surface area (Å²) in [4.78, 5) is 0. The second-order valence-corrected chi connectivity index (χ2v) is 6.18. The molecular weight excluding hydrogens is 180 g/mol. The van der Waals surface area contributed by atoms with Crippen LogP contribution in [0.4, 0.5) is 0 Å². The third-order valence-corrected chi connectivity index (χ3v) is 4.72. The summed E-state index contributed by atoms with van der Waals surface area (Å²) in [6, 6.07) is 0. The van der Waals surface area contributed by atoms with Crippen molar-refractivity contribution in [2.24, 2.45) is 23.2 Å². The summed E-state index contributed by atoms with van der Waals surface area (Å²) >= 11 is 0. The summed E-state index contributed by atoms with van der Waals surface area (Å²) in [5, 5.41) is 0. The van der Waals surface area contributed by atoms with Crippen LogP contribution in [0.3, 0.4) is 0 Å². The summed E-state index contributed by atoms with van der Waals surface area (Å²) in [6.07, 6.45) is 5.52. The molecule has 0 N–H and O–H groups in total. The van der Waals surface area contributed by atoms with Gasteiger partial charge in [-0.05, 0) is 29.6 Å². The maximum atomic E-state index is 2.44. The first kappa shape index (κ1) is 15.0. The molecule has 0 heteroatoms. The highest BCUT2D eigenvalue weighted by atomic mass is 14.4. The molecule has 0 aromatic carbocycles. The van der Waals surface area contributed by atoms with Crippen molar-refractivity contribution in [3.05, 3.63) is 0 Å². The molecule has 0 aromatic rings. The first-order chi connectivity index (χ1) is 6.86. The van der Waals surface area contributed by atoms with E-state index in [9.17, 15) is 0 Å². The maximum absolute atomic E-state index is 2.44. The molecule has 15 heavy (non-hydrogen) atoms. The molecule has 2 unspecified atom stereocenters. The smallest absolute Gasteiger partial charge is 0.0305 e. The number of hydrogen-bond donors (Lipinski definition) is 0. The number of rotatable bonds is 7. The van der Waals surface area contributed by atoms with Crippen LogP contribution in [-0.4, -0.2) is 0 Å². The third-order valence-electron chi connectivity index (χ3n) is 4.72. The van der Waals surface area contributed by atoms with E-state index in [1.54, 1.807) is 0 Å². The van der Waals surface area contributed by atoms with Crippen LogP contribution in [0.1, 0.15) is 74.1 Å². The van der Waals surface area contributed by atoms with E-state index in [4.69, 9.17) is 0 Å². The summed E-state index contributed by atoms with van der Waals surface area (Å²) in [5.41, 5.74) is 0.487. The first-order valence-corrected chi connectivity index (χ1v) is 6.86. The van der Waals surface area contributed by atoms with Gasteiger partial charge < -0.3 is 0 Å². The molecule has 0 saturated heterocycles. The monoisotopic (exact) mass is 212 g/mol. The normalized spacial score (nSPS) is 16.8. The quantitative estimate of drug-likeness (QED) is 0.521. The Balaban J connectivity index is 4.26. The average Bonchev–Trinajstić information content (AvgIpc) is 2.16. The van der Waals surface area contributed by atoms with Gasteiger partial charge in [-0.15, -0.1) is 0 Å². The zero-order valence-corrected chi connectivity index (χ0v) is 12.1. The van der Waals surface area contributed by atoms with Crippen LogP contribution in [0.25, 0.3) is 0 Å². The molecule has 0 aliphatic heterocycles. The Morgan fingerprint density at radius 2 is 1.53 bits per heavy atom. The van der Waals surface area contributed by atoms with Crippen molar-refractivity contribution >= 4 is 0 Å². The van der Waals surface area contributed by atoms with E-state index in [0.29, 0.717) is 5.41 Å². The Morgan fingerprint density at radius 3 is 1.87 bits per heavy atom. The largest absolute Gasteiger partial charge is 0.0654 e. The van der Waals surface area contributed by atoms with Crippen molar-refractivity contribution in [2.45, 2.75) is 74.1 Å². The van der Waals surface area contributed by atoms with Gasteiger partial charge in [-0.2, -0.15) is 0 Å². The molecule has 0 aromatic heterocycles. The van der Waals surface area contributed by atoms with Crippen LogP contribution < -0.4 is 0 Å². The minimum atomic E-state index is 0.487. The second kappa shape index (κ2) is 6.55. The van der Waals surface area contributed by atoms with Crippen molar-refractivity contribution in [2.75, 3.05) is 0 Å². The standard InChI is InChI=1S/C15H32/c1-8-10-14(9-2)11-13(5)15(6,7)12(3)4/h12-14H,8-11H2,1-7H3. The van der Waals surface area contributed by atoms with Crippen molar-refractivity contribution in [1.29, 1.82) is 0 Å². The summed E-state index contributed by atoms with van der Waals surface area (Å²) < 4.78 is 0. The van der Waals surface area contributed by atoms with E-state index in [-0.39, 0.29) is 0 Å². The van der Waals surface area contributed by atoms with E-state index in [1.807, 2.05) is 0 Å².